The van der Waals surface area contributed by atoms with Gasteiger partial charge in [0.1, 0.15) is 0 Å². The van der Waals surface area contributed by atoms with Crippen molar-refractivity contribution >= 4 is 46.5 Å². The molecule has 10 N–H and O–H groups in total. The SMILES string of the molecule is [NH-]N(N)C(=S)NNC(=O)c1ccccc1.[NH-]N(N)C(=S)NNC(=O)c1ccccc1.[Ni+2]. The van der Waals surface area contributed by atoms with Crippen LogP contribution in [0, 0.1) is 0 Å². The predicted molar refractivity (Wildman–Crippen MR) is 120 cm³/mol. The molecule has 2 rings (SSSR count). The fraction of sp³-hybridized carbons (Fsp3) is 0. The van der Waals surface area contributed by atoms with E-state index in [1.165, 1.54) is 0 Å². The van der Waals surface area contributed by atoms with Crippen LogP contribution in [0.4, 0.5) is 0 Å². The van der Waals surface area contributed by atoms with Gasteiger partial charge in [0.2, 0.25) is 0 Å². The number of hydrazine groups is 4. The molecular weight excluding hydrogens is 487 g/mol. The van der Waals surface area contributed by atoms with E-state index in [9.17, 15) is 9.59 Å². The zero-order valence-corrected chi connectivity index (χ0v) is 18.4. The van der Waals surface area contributed by atoms with E-state index < -0.39 is 0 Å². The second-order valence-electron chi connectivity index (χ2n) is 5.24. The standard InChI is InChI=1S/2C8H10N5OS.Ni/c2*9-13(10)8(15)12-11-7(14)6-4-2-1-3-5-6;/h2*1-5,9H,10H2,(H,11,14)(H,12,15);/q2*-1;+2. The number of thiocarbonyl (C=S) groups is 2. The molecule has 2 aromatic carbocycles. The molecule has 2 amide bonds. The number of nitrogens with two attached hydrogens (primary N) is 2. The van der Waals surface area contributed by atoms with Gasteiger partial charge in [-0.2, -0.15) is 0 Å². The monoisotopic (exact) mass is 506 g/mol. The van der Waals surface area contributed by atoms with Gasteiger partial charge < -0.3 is 21.9 Å². The number of nitrogens with zero attached hydrogens (tertiary/aromatic N) is 2. The topological polar surface area (TPSA) is 188 Å². The van der Waals surface area contributed by atoms with E-state index in [0.717, 1.165) is 0 Å². The number of hydrogen-bond acceptors (Lipinski definition) is 6. The van der Waals surface area contributed by atoms with Gasteiger partial charge in [-0.3, -0.25) is 43.0 Å². The molecule has 0 unspecified atom stereocenters. The van der Waals surface area contributed by atoms with Crippen LogP contribution in [0.5, 0.6) is 0 Å². The molecule has 0 aliphatic carbocycles. The van der Waals surface area contributed by atoms with Crippen LogP contribution in [0.15, 0.2) is 60.7 Å². The Kier molecular flexibility index (Phi) is 13.6. The Hall–Kier alpha value is -2.91. The molecule has 0 heterocycles. The third-order valence-corrected chi connectivity index (χ3v) is 3.67. The minimum Gasteiger partial charge on any atom is -0.565 e. The number of amides is 2. The smallest absolute Gasteiger partial charge is 0.565 e. The van der Waals surface area contributed by atoms with E-state index in [1.54, 1.807) is 60.7 Å². The van der Waals surface area contributed by atoms with Gasteiger partial charge in [-0.25, -0.2) is 0 Å². The van der Waals surface area contributed by atoms with Crippen LogP contribution in [0.3, 0.4) is 0 Å². The molecular formula is C16H20N10NiO2S2. The molecule has 0 aliphatic rings. The zero-order valence-electron chi connectivity index (χ0n) is 15.8. The van der Waals surface area contributed by atoms with Gasteiger partial charge in [0, 0.05) is 11.1 Å². The Balaban J connectivity index is 0.000000562. The molecule has 0 atom stereocenters. The maximum Gasteiger partial charge on any atom is 2.00 e. The summed E-state index contributed by atoms with van der Waals surface area (Å²) in [5.41, 5.74) is 10.2. The summed E-state index contributed by atoms with van der Waals surface area (Å²) < 4.78 is 0. The molecule has 12 nitrogen and oxygen atoms in total. The van der Waals surface area contributed by atoms with Gasteiger partial charge in [0.15, 0.2) is 10.2 Å². The van der Waals surface area contributed by atoms with E-state index in [4.69, 9.17) is 23.4 Å². The third-order valence-electron chi connectivity index (χ3n) is 3.08. The van der Waals surface area contributed by atoms with Crippen molar-refractivity contribution in [1.29, 1.82) is 0 Å². The predicted octanol–water partition coefficient (Wildman–Crippen LogP) is 0.695. The van der Waals surface area contributed by atoms with Crippen LogP contribution in [0.1, 0.15) is 20.7 Å². The Morgan fingerprint density at radius 3 is 1.23 bits per heavy atom. The van der Waals surface area contributed by atoms with Crippen molar-refractivity contribution in [2.24, 2.45) is 11.7 Å². The average Bonchev–Trinajstić information content (AvgIpc) is 2.76. The van der Waals surface area contributed by atoms with Crippen LogP contribution in [-0.2, 0) is 16.5 Å². The summed E-state index contributed by atoms with van der Waals surface area (Å²) in [5.74, 6) is 23.1. The number of carbonyl (C=O) groups is 2. The molecule has 0 spiro atoms. The first-order valence-electron chi connectivity index (χ1n) is 8.05. The number of hydrogen-bond donors (Lipinski definition) is 6. The summed E-state index contributed by atoms with van der Waals surface area (Å²) in [5, 5.41) is 0.694. The summed E-state index contributed by atoms with van der Waals surface area (Å²) in [4.78, 5) is 22.8. The second kappa shape index (κ2) is 15.0. The van der Waals surface area contributed by atoms with Crippen molar-refractivity contribution < 1.29 is 26.1 Å². The summed E-state index contributed by atoms with van der Waals surface area (Å²) >= 11 is 9.27. The Bertz CT molecular complexity index is 784. The summed E-state index contributed by atoms with van der Waals surface area (Å²) in [6.07, 6.45) is 0. The molecule has 0 radical (unpaired) electrons. The number of nitrogens with one attached hydrogen (secondary N) is 6. The first-order chi connectivity index (χ1) is 14.2. The molecule has 168 valence electrons. The second-order valence-corrected chi connectivity index (χ2v) is 6.01. The van der Waals surface area contributed by atoms with Crippen molar-refractivity contribution in [1.82, 2.24) is 31.9 Å². The van der Waals surface area contributed by atoms with Gasteiger partial charge in [-0.1, -0.05) is 36.4 Å². The third kappa shape index (κ3) is 11.2. The van der Waals surface area contributed by atoms with E-state index in [1.807, 2.05) is 0 Å². The fourth-order valence-electron chi connectivity index (χ4n) is 1.66. The molecule has 0 bridgehead atoms. The minimum absolute atomic E-state index is 0. The average molecular weight is 507 g/mol. The maximum absolute atomic E-state index is 11.4. The molecule has 0 aliphatic heterocycles. The summed E-state index contributed by atoms with van der Waals surface area (Å²) in [7, 11) is 0. The van der Waals surface area contributed by atoms with Crippen LogP contribution < -0.4 is 33.4 Å². The van der Waals surface area contributed by atoms with Crippen LogP contribution >= 0.6 is 24.4 Å². The molecule has 15 heteroatoms. The van der Waals surface area contributed by atoms with Gasteiger partial charge in [-0.15, -0.1) is 0 Å². The Morgan fingerprint density at radius 2 is 0.968 bits per heavy atom. The normalized spacial score (nSPS) is 8.90. The fourth-order valence-corrected chi connectivity index (χ4v) is 1.77. The summed E-state index contributed by atoms with van der Waals surface area (Å²) in [6, 6.07) is 17.2. The van der Waals surface area contributed by atoms with E-state index in [0.29, 0.717) is 21.4 Å². The zero-order chi connectivity index (χ0) is 22.5. The van der Waals surface area contributed by atoms with Crippen molar-refractivity contribution in [3.8, 4) is 0 Å². The van der Waals surface area contributed by atoms with Crippen molar-refractivity contribution in [3.63, 3.8) is 0 Å². The molecule has 2 aromatic rings. The van der Waals surface area contributed by atoms with Gasteiger partial charge in [-0.05, 0) is 48.7 Å². The quantitative estimate of drug-likeness (QED) is 0.146. The maximum atomic E-state index is 11.4. The van der Waals surface area contributed by atoms with Crippen molar-refractivity contribution in [2.75, 3.05) is 0 Å². The number of rotatable bonds is 2. The first-order valence-corrected chi connectivity index (χ1v) is 8.87. The van der Waals surface area contributed by atoms with Gasteiger partial charge >= 0.3 is 16.5 Å². The van der Waals surface area contributed by atoms with Crippen molar-refractivity contribution in [3.05, 3.63) is 83.5 Å². The Labute approximate surface area is 199 Å². The number of benzene rings is 2. The largest absolute Gasteiger partial charge is 2.00 e. The molecule has 0 fully saturated rings. The Morgan fingerprint density at radius 1 is 0.677 bits per heavy atom. The van der Waals surface area contributed by atoms with E-state index >= 15 is 0 Å². The molecule has 0 saturated carbocycles. The van der Waals surface area contributed by atoms with Crippen LogP contribution in [-0.4, -0.2) is 32.3 Å². The summed E-state index contributed by atoms with van der Waals surface area (Å²) in [6.45, 7) is 0. The van der Waals surface area contributed by atoms with Crippen molar-refractivity contribution in [2.45, 2.75) is 0 Å². The van der Waals surface area contributed by atoms with E-state index in [-0.39, 0.29) is 38.5 Å². The molecule has 0 aromatic heterocycles. The van der Waals surface area contributed by atoms with Gasteiger partial charge in [0.25, 0.3) is 11.8 Å². The molecule has 31 heavy (non-hydrogen) atoms. The van der Waals surface area contributed by atoms with E-state index in [2.05, 4.69) is 46.1 Å². The first kappa shape index (κ1) is 28.1. The van der Waals surface area contributed by atoms with Crippen LogP contribution in [0.2, 0.25) is 0 Å². The molecule has 0 saturated heterocycles. The van der Waals surface area contributed by atoms with Gasteiger partial charge in [0.05, 0.1) is 0 Å². The minimum atomic E-state index is -0.347. The van der Waals surface area contributed by atoms with Crippen LogP contribution in [0.25, 0.3) is 11.7 Å². The number of carbonyl (C=O) groups excluding carboxylic acids is 2.